The van der Waals surface area contributed by atoms with Gasteiger partial charge in [0.2, 0.25) is 0 Å². The number of likely N-dealkylation sites (tertiary alicyclic amines) is 1. The second-order valence-corrected chi connectivity index (χ2v) is 7.06. The summed E-state index contributed by atoms with van der Waals surface area (Å²) in [6.45, 7) is 13.8. The molecule has 130 valence electrons. The number of nitrogens with one attached hydrogen (secondary N) is 1. The molecule has 2 nitrogen and oxygen atoms in total. The first kappa shape index (κ1) is 21.4. The lowest BCUT2D eigenvalue weighted by molar-refractivity contribution is -0.906. The molecular weight excluding hydrogens is 268 g/mol. The topological polar surface area (TPSA) is 28.2 Å². The second kappa shape index (κ2) is 16.8. The fourth-order valence-electron chi connectivity index (χ4n) is 3.63. The summed E-state index contributed by atoms with van der Waals surface area (Å²) in [4.78, 5) is 1.91. The van der Waals surface area contributed by atoms with E-state index in [1.54, 1.807) is 0 Å². The quantitative estimate of drug-likeness (QED) is 0.410. The molecule has 0 bridgehead atoms. The summed E-state index contributed by atoms with van der Waals surface area (Å²) >= 11 is 0. The van der Waals surface area contributed by atoms with Crippen molar-refractivity contribution in [3.8, 4) is 0 Å². The summed E-state index contributed by atoms with van der Waals surface area (Å²) in [7, 11) is 0. The number of nitrogens with zero attached hydrogens (tertiary/aromatic N) is 1. The van der Waals surface area contributed by atoms with Gasteiger partial charge in [-0.15, -0.1) is 0 Å². The molecular formula is C20H40N2. The molecule has 0 atom stereocenters. The third-order valence-corrected chi connectivity index (χ3v) is 5.16. The van der Waals surface area contributed by atoms with Gasteiger partial charge in [0.1, 0.15) is 0 Å². The number of hydrogen-bond acceptors (Lipinski definition) is 1. The maximum Gasteiger partial charge on any atom is 0.0773 e. The normalized spacial score (nSPS) is 21.1. The van der Waals surface area contributed by atoms with Crippen molar-refractivity contribution in [3.05, 3.63) is 6.57 Å². The standard InChI is InChI=1S/C19H39N.CN/c1-3-5-7-8-9-10-11-12-16-20-17-14-19(15-18-20)13-6-4-2;1-2/h19H,3-18H2,1-2H3;/q;-1/p+1. The highest BCUT2D eigenvalue weighted by atomic mass is 15.1. The highest BCUT2D eigenvalue weighted by Crippen LogP contribution is 2.17. The Labute approximate surface area is 140 Å². The van der Waals surface area contributed by atoms with Crippen molar-refractivity contribution in [2.75, 3.05) is 19.6 Å². The van der Waals surface area contributed by atoms with Gasteiger partial charge in [-0.2, -0.15) is 0 Å². The maximum atomic E-state index is 6.25. The number of unbranched alkanes of at least 4 members (excludes halogenated alkanes) is 8. The van der Waals surface area contributed by atoms with Crippen molar-refractivity contribution in [3.63, 3.8) is 0 Å². The average molecular weight is 309 g/mol. The van der Waals surface area contributed by atoms with E-state index >= 15 is 0 Å². The largest absolute Gasteiger partial charge is 0.512 e. The van der Waals surface area contributed by atoms with E-state index in [2.05, 4.69) is 13.8 Å². The Balaban J connectivity index is 0.00000211. The molecule has 0 unspecified atom stereocenters. The third kappa shape index (κ3) is 12.0. The van der Waals surface area contributed by atoms with E-state index in [1.165, 1.54) is 103 Å². The maximum absolute atomic E-state index is 6.25. The van der Waals surface area contributed by atoms with E-state index in [1.807, 2.05) is 4.90 Å². The molecule has 0 spiro atoms. The predicted octanol–water partition coefficient (Wildman–Crippen LogP) is 4.71. The van der Waals surface area contributed by atoms with Gasteiger partial charge in [-0.25, -0.2) is 0 Å². The highest BCUT2D eigenvalue weighted by molar-refractivity contribution is 4.62. The van der Waals surface area contributed by atoms with Gasteiger partial charge in [0.05, 0.1) is 19.6 Å². The molecule has 1 N–H and O–H groups in total. The Bertz CT molecular complexity index is 229. The average Bonchev–Trinajstić information content (AvgIpc) is 2.58. The lowest BCUT2D eigenvalue weighted by atomic mass is 9.91. The van der Waals surface area contributed by atoms with Crippen molar-refractivity contribution in [1.82, 2.24) is 0 Å². The molecule has 1 rings (SSSR count). The molecule has 0 aliphatic carbocycles. The fraction of sp³-hybridized carbons (Fsp3) is 0.950. The Kier molecular flexibility index (Phi) is 16.4. The zero-order valence-corrected chi connectivity index (χ0v) is 15.3. The Morgan fingerprint density at radius 1 is 0.773 bits per heavy atom. The van der Waals surface area contributed by atoms with E-state index in [0.717, 1.165) is 5.92 Å². The van der Waals surface area contributed by atoms with Crippen LogP contribution in [0.25, 0.3) is 0 Å². The van der Waals surface area contributed by atoms with Crippen molar-refractivity contribution >= 4 is 0 Å². The van der Waals surface area contributed by atoms with Crippen LogP contribution in [-0.2, 0) is 0 Å². The van der Waals surface area contributed by atoms with Gasteiger partial charge in [-0.05, 0) is 31.6 Å². The van der Waals surface area contributed by atoms with E-state index in [4.69, 9.17) is 11.8 Å². The van der Waals surface area contributed by atoms with Crippen molar-refractivity contribution in [2.24, 2.45) is 5.92 Å². The molecule has 1 heterocycles. The molecule has 2 heteroatoms. The van der Waals surface area contributed by atoms with Crippen LogP contribution < -0.4 is 4.90 Å². The fourth-order valence-corrected chi connectivity index (χ4v) is 3.63. The summed E-state index contributed by atoms with van der Waals surface area (Å²) in [5, 5.41) is 6.25. The molecule has 1 saturated heterocycles. The SMILES string of the molecule is CCCCCCCCCC[NH+]1CCC(CCCC)CC1.[C-]#N. The van der Waals surface area contributed by atoms with Crippen LogP contribution in [0.1, 0.15) is 97.3 Å². The summed E-state index contributed by atoms with van der Waals surface area (Å²) < 4.78 is 0. The first-order chi connectivity index (χ1) is 10.9. The van der Waals surface area contributed by atoms with E-state index in [9.17, 15) is 0 Å². The van der Waals surface area contributed by atoms with Crippen molar-refractivity contribution in [1.29, 1.82) is 5.26 Å². The molecule has 1 aliphatic rings. The lowest BCUT2D eigenvalue weighted by Crippen LogP contribution is -3.13. The Morgan fingerprint density at radius 3 is 1.82 bits per heavy atom. The van der Waals surface area contributed by atoms with Gasteiger partial charge < -0.3 is 16.7 Å². The lowest BCUT2D eigenvalue weighted by Gasteiger charge is -2.29. The number of rotatable bonds is 12. The van der Waals surface area contributed by atoms with Crippen molar-refractivity contribution in [2.45, 2.75) is 97.3 Å². The van der Waals surface area contributed by atoms with E-state index in [-0.39, 0.29) is 0 Å². The zero-order valence-electron chi connectivity index (χ0n) is 15.3. The number of piperidine rings is 1. The van der Waals surface area contributed by atoms with Gasteiger partial charge in [-0.1, -0.05) is 71.6 Å². The minimum Gasteiger partial charge on any atom is -0.512 e. The monoisotopic (exact) mass is 308 g/mol. The number of hydrogen-bond donors (Lipinski definition) is 1. The Morgan fingerprint density at radius 2 is 1.27 bits per heavy atom. The highest BCUT2D eigenvalue weighted by Gasteiger charge is 2.20. The molecule has 0 radical (unpaired) electrons. The molecule has 22 heavy (non-hydrogen) atoms. The van der Waals surface area contributed by atoms with Gasteiger partial charge in [-0.3, -0.25) is 0 Å². The summed E-state index contributed by atoms with van der Waals surface area (Å²) in [6.07, 6.45) is 19.0. The molecule has 0 amide bonds. The predicted molar refractivity (Wildman–Crippen MR) is 95.4 cm³/mol. The van der Waals surface area contributed by atoms with Gasteiger partial charge in [0.15, 0.2) is 0 Å². The third-order valence-electron chi connectivity index (χ3n) is 5.16. The second-order valence-electron chi connectivity index (χ2n) is 7.06. The summed E-state index contributed by atoms with van der Waals surface area (Å²) in [5.41, 5.74) is 0. The van der Waals surface area contributed by atoms with Crippen LogP contribution in [0.5, 0.6) is 0 Å². The van der Waals surface area contributed by atoms with E-state index in [0.29, 0.717) is 0 Å². The van der Waals surface area contributed by atoms with E-state index < -0.39 is 0 Å². The van der Waals surface area contributed by atoms with Gasteiger partial charge in [0.25, 0.3) is 0 Å². The molecule has 0 saturated carbocycles. The minimum absolute atomic E-state index is 1.07. The van der Waals surface area contributed by atoms with Gasteiger partial charge >= 0.3 is 0 Å². The van der Waals surface area contributed by atoms with Gasteiger partial charge in [0, 0.05) is 0 Å². The van der Waals surface area contributed by atoms with Crippen LogP contribution in [0.4, 0.5) is 0 Å². The summed E-state index contributed by atoms with van der Waals surface area (Å²) in [6, 6.07) is 0. The molecule has 0 aromatic rings. The van der Waals surface area contributed by atoms with Crippen LogP contribution in [0.2, 0.25) is 0 Å². The molecule has 0 aromatic carbocycles. The van der Waals surface area contributed by atoms with Crippen LogP contribution in [0, 0.1) is 17.8 Å². The first-order valence-electron chi connectivity index (χ1n) is 9.92. The molecule has 1 aliphatic heterocycles. The van der Waals surface area contributed by atoms with Crippen LogP contribution in [0.3, 0.4) is 0 Å². The smallest absolute Gasteiger partial charge is 0.0773 e. The number of quaternary nitrogens is 1. The zero-order chi connectivity index (χ0) is 16.5. The molecule has 0 aromatic heterocycles. The molecule has 1 fully saturated rings. The van der Waals surface area contributed by atoms with Crippen molar-refractivity contribution < 1.29 is 4.90 Å². The van der Waals surface area contributed by atoms with Crippen LogP contribution in [0.15, 0.2) is 0 Å². The van der Waals surface area contributed by atoms with Crippen LogP contribution >= 0.6 is 0 Å². The minimum atomic E-state index is 1.07. The summed E-state index contributed by atoms with van der Waals surface area (Å²) in [5.74, 6) is 1.07. The van der Waals surface area contributed by atoms with Crippen LogP contribution in [-0.4, -0.2) is 19.6 Å². The Hall–Kier alpha value is -0.550. The first-order valence-corrected chi connectivity index (χ1v) is 9.92.